The zero-order valence-electron chi connectivity index (χ0n) is 13.6. The van der Waals surface area contributed by atoms with Crippen molar-refractivity contribution < 1.29 is 34.3 Å². The zero-order valence-corrected chi connectivity index (χ0v) is 13.6. The lowest BCUT2D eigenvalue weighted by atomic mass is 9.97. The summed E-state index contributed by atoms with van der Waals surface area (Å²) in [5, 5.41) is 31.9. The van der Waals surface area contributed by atoms with Crippen molar-refractivity contribution in [3.8, 4) is 5.75 Å². The van der Waals surface area contributed by atoms with E-state index in [1.54, 1.807) is 19.2 Å². The molecule has 2 rings (SSSR count). The summed E-state index contributed by atoms with van der Waals surface area (Å²) in [6, 6.07) is 6.23. The molecule has 0 radical (unpaired) electrons. The van der Waals surface area contributed by atoms with E-state index in [1.165, 1.54) is 6.92 Å². The molecule has 1 heterocycles. The van der Waals surface area contributed by atoms with Crippen LogP contribution in [-0.2, 0) is 20.9 Å². The molecule has 1 saturated heterocycles. The summed E-state index contributed by atoms with van der Waals surface area (Å²) < 4.78 is 16.2. The number of carbonyl (C=O) groups is 1. The fourth-order valence-electron chi connectivity index (χ4n) is 2.51. The first-order valence-corrected chi connectivity index (χ1v) is 7.60. The topological polar surface area (TPSA) is 117 Å². The van der Waals surface area contributed by atoms with Gasteiger partial charge in [0.1, 0.15) is 30.1 Å². The Kier molecular flexibility index (Phi) is 6.52. The standard InChI is InChI=1S/C16H23NO7/c1-9(19)17-13-15(21)14(20)12(7-18)24-16(13)23-8-10-3-5-11(22-2)6-4-10/h3-6,12-16,18,20-21H,7-8H2,1-2H3,(H,17,19). The van der Waals surface area contributed by atoms with E-state index in [1.807, 2.05) is 12.1 Å². The third-order valence-electron chi connectivity index (χ3n) is 3.82. The fourth-order valence-corrected chi connectivity index (χ4v) is 2.51. The first-order chi connectivity index (χ1) is 11.5. The van der Waals surface area contributed by atoms with E-state index in [4.69, 9.17) is 14.2 Å². The van der Waals surface area contributed by atoms with Gasteiger partial charge in [0.15, 0.2) is 6.29 Å². The van der Waals surface area contributed by atoms with Crippen LogP contribution < -0.4 is 10.1 Å². The van der Waals surface area contributed by atoms with Crippen LogP contribution in [0.25, 0.3) is 0 Å². The first-order valence-electron chi connectivity index (χ1n) is 7.60. The van der Waals surface area contributed by atoms with Crippen LogP contribution >= 0.6 is 0 Å². The van der Waals surface area contributed by atoms with Gasteiger partial charge in [-0.3, -0.25) is 4.79 Å². The van der Waals surface area contributed by atoms with Gasteiger partial charge in [-0.15, -0.1) is 0 Å². The molecule has 1 aliphatic heterocycles. The SMILES string of the molecule is COc1ccc(COC2OC(CO)C(O)C(O)C2NC(C)=O)cc1. The molecule has 0 aromatic heterocycles. The number of rotatable bonds is 6. The molecule has 8 heteroatoms. The van der Waals surface area contributed by atoms with E-state index in [0.717, 1.165) is 5.56 Å². The number of aliphatic hydroxyl groups is 3. The van der Waals surface area contributed by atoms with E-state index in [9.17, 15) is 20.1 Å². The number of benzene rings is 1. The average molecular weight is 341 g/mol. The summed E-state index contributed by atoms with van der Waals surface area (Å²) in [5.41, 5.74) is 0.835. The molecule has 1 aromatic carbocycles. The molecule has 8 nitrogen and oxygen atoms in total. The lowest BCUT2D eigenvalue weighted by Crippen LogP contribution is -2.64. The van der Waals surface area contributed by atoms with E-state index in [-0.39, 0.29) is 6.61 Å². The number of aliphatic hydroxyl groups excluding tert-OH is 3. The van der Waals surface area contributed by atoms with Crippen molar-refractivity contribution in [3.63, 3.8) is 0 Å². The molecule has 5 unspecified atom stereocenters. The van der Waals surface area contributed by atoms with Gasteiger partial charge in [-0.2, -0.15) is 0 Å². The van der Waals surface area contributed by atoms with Gasteiger partial charge < -0.3 is 34.8 Å². The Morgan fingerprint density at radius 3 is 2.46 bits per heavy atom. The maximum absolute atomic E-state index is 11.3. The Bertz CT molecular complexity index is 536. The molecule has 24 heavy (non-hydrogen) atoms. The minimum absolute atomic E-state index is 0.158. The summed E-state index contributed by atoms with van der Waals surface area (Å²) >= 11 is 0. The van der Waals surface area contributed by atoms with Crippen LogP contribution in [0.15, 0.2) is 24.3 Å². The largest absolute Gasteiger partial charge is 0.497 e. The minimum Gasteiger partial charge on any atom is -0.497 e. The molecule has 0 aliphatic carbocycles. The highest BCUT2D eigenvalue weighted by Gasteiger charge is 2.45. The third-order valence-corrected chi connectivity index (χ3v) is 3.82. The number of carbonyl (C=O) groups excluding carboxylic acids is 1. The highest BCUT2D eigenvalue weighted by molar-refractivity contribution is 5.73. The van der Waals surface area contributed by atoms with Crippen LogP contribution in [0, 0.1) is 0 Å². The number of nitrogens with one attached hydrogen (secondary N) is 1. The Balaban J connectivity index is 2.06. The number of ether oxygens (including phenoxy) is 3. The highest BCUT2D eigenvalue weighted by atomic mass is 16.7. The molecule has 1 aliphatic rings. The van der Waals surface area contributed by atoms with Crippen molar-refractivity contribution in [2.24, 2.45) is 0 Å². The predicted octanol–water partition coefficient (Wildman–Crippen LogP) is -0.844. The third kappa shape index (κ3) is 4.43. The van der Waals surface area contributed by atoms with Gasteiger partial charge in [-0.25, -0.2) is 0 Å². The second-order valence-corrected chi connectivity index (χ2v) is 5.59. The number of methoxy groups -OCH3 is 1. The van der Waals surface area contributed by atoms with E-state index in [0.29, 0.717) is 5.75 Å². The lowest BCUT2D eigenvalue weighted by Gasteiger charge is -2.42. The lowest BCUT2D eigenvalue weighted by molar-refractivity contribution is -0.273. The molecule has 0 saturated carbocycles. The second-order valence-electron chi connectivity index (χ2n) is 5.59. The van der Waals surface area contributed by atoms with Crippen LogP contribution in [0.3, 0.4) is 0 Å². The maximum Gasteiger partial charge on any atom is 0.217 e. The smallest absolute Gasteiger partial charge is 0.217 e. The summed E-state index contributed by atoms with van der Waals surface area (Å²) in [5.74, 6) is 0.318. The van der Waals surface area contributed by atoms with Crippen LogP contribution in [0.4, 0.5) is 0 Å². The molecule has 4 N–H and O–H groups in total. The molecular weight excluding hydrogens is 318 g/mol. The maximum atomic E-state index is 11.3. The Labute approximate surface area is 140 Å². The normalized spacial score (nSPS) is 30.0. The van der Waals surface area contributed by atoms with Crippen molar-refractivity contribution in [3.05, 3.63) is 29.8 Å². The zero-order chi connectivity index (χ0) is 17.7. The van der Waals surface area contributed by atoms with Gasteiger partial charge in [0, 0.05) is 6.92 Å². The Hall–Kier alpha value is -1.71. The summed E-state index contributed by atoms with van der Waals surface area (Å²) in [7, 11) is 1.57. The van der Waals surface area contributed by atoms with Crippen LogP contribution in [-0.4, -0.2) is 65.6 Å². The Morgan fingerprint density at radius 1 is 1.25 bits per heavy atom. The van der Waals surface area contributed by atoms with E-state index in [2.05, 4.69) is 5.32 Å². The van der Waals surface area contributed by atoms with Crippen LogP contribution in [0.1, 0.15) is 12.5 Å². The summed E-state index contributed by atoms with van der Waals surface area (Å²) in [6.45, 7) is 0.969. The first kappa shape index (κ1) is 18.6. The molecule has 0 bridgehead atoms. The van der Waals surface area contributed by atoms with E-state index < -0.39 is 43.2 Å². The molecule has 1 aromatic rings. The van der Waals surface area contributed by atoms with Crippen molar-refractivity contribution in [1.82, 2.24) is 5.32 Å². The molecule has 1 fully saturated rings. The van der Waals surface area contributed by atoms with Gasteiger partial charge in [0.05, 0.1) is 20.3 Å². The van der Waals surface area contributed by atoms with Crippen molar-refractivity contribution in [2.45, 2.75) is 44.2 Å². The summed E-state index contributed by atoms with van der Waals surface area (Å²) in [6.07, 6.45) is -4.65. The molecular formula is C16H23NO7. The summed E-state index contributed by atoms with van der Waals surface area (Å²) in [4.78, 5) is 11.3. The van der Waals surface area contributed by atoms with E-state index >= 15 is 0 Å². The van der Waals surface area contributed by atoms with Crippen LogP contribution in [0.2, 0.25) is 0 Å². The number of hydrogen-bond acceptors (Lipinski definition) is 7. The molecule has 134 valence electrons. The fraction of sp³-hybridized carbons (Fsp3) is 0.562. The van der Waals surface area contributed by atoms with Crippen LogP contribution in [0.5, 0.6) is 5.75 Å². The van der Waals surface area contributed by atoms with Gasteiger partial charge in [-0.1, -0.05) is 12.1 Å². The Morgan fingerprint density at radius 2 is 1.92 bits per heavy atom. The van der Waals surface area contributed by atoms with Crippen molar-refractivity contribution in [2.75, 3.05) is 13.7 Å². The minimum atomic E-state index is -1.33. The quantitative estimate of drug-likeness (QED) is 0.533. The molecule has 0 spiro atoms. The average Bonchev–Trinajstić information content (AvgIpc) is 2.58. The van der Waals surface area contributed by atoms with Gasteiger partial charge >= 0.3 is 0 Å². The van der Waals surface area contributed by atoms with Crippen molar-refractivity contribution in [1.29, 1.82) is 0 Å². The highest BCUT2D eigenvalue weighted by Crippen LogP contribution is 2.23. The molecule has 5 atom stereocenters. The van der Waals surface area contributed by atoms with Gasteiger partial charge in [0.2, 0.25) is 5.91 Å². The molecule has 1 amide bonds. The van der Waals surface area contributed by atoms with Gasteiger partial charge in [-0.05, 0) is 17.7 Å². The monoisotopic (exact) mass is 341 g/mol. The predicted molar refractivity (Wildman–Crippen MR) is 83.1 cm³/mol. The van der Waals surface area contributed by atoms with Gasteiger partial charge in [0.25, 0.3) is 0 Å². The van der Waals surface area contributed by atoms with Crippen molar-refractivity contribution >= 4 is 5.91 Å². The number of amides is 1. The number of hydrogen-bond donors (Lipinski definition) is 4. The second kappa shape index (κ2) is 8.41.